The van der Waals surface area contributed by atoms with E-state index < -0.39 is 35.7 Å². The van der Waals surface area contributed by atoms with E-state index in [0.29, 0.717) is 37.3 Å². The Kier molecular flexibility index (Phi) is 13.6. The molecule has 3 aliphatic heterocycles. The first kappa shape index (κ1) is 48.1. The minimum Gasteiger partial charge on any atom is -0.465 e. The summed E-state index contributed by atoms with van der Waals surface area (Å²) in [6.45, 7) is 5.68. The number of ether oxygens (including phenoxy) is 2. The summed E-state index contributed by atoms with van der Waals surface area (Å²) in [5.74, 6) is -0.424. The van der Waals surface area contributed by atoms with Gasteiger partial charge in [0.15, 0.2) is 5.60 Å². The molecule has 5 heterocycles. The van der Waals surface area contributed by atoms with Crippen molar-refractivity contribution in [3.05, 3.63) is 120 Å². The molecule has 6 aromatic rings. The Balaban J connectivity index is 0.816. The van der Waals surface area contributed by atoms with E-state index in [0.717, 1.165) is 108 Å². The van der Waals surface area contributed by atoms with Crippen LogP contribution in [0.25, 0.3) is 44.4 Å². The third-order valence-electron chi connectivity index (χ3n) is 15.0. The number of benzene rings is 4. The number of aromatic nitrogens is 4. The molecule has 2 aromatic heterocycles. The fourth-order valence-electron chi connectivity index (χ4n) is 11.2. The quantitative estimate of drug-likeness (QED) is 0.0608. The van der Waals surface area contributed by atoms with E-state index in [1.165, 1.54) is 12.7 Å². The van der Waals surface area contributed by atoms with Crippen LogP contribution in [0.3, 0.4) is 0 Å². The molecule has 4 amide bonds. The number of aromatic amines is 2. The van der Waals surface area contributed by atoms with Crippen molar-refractivity contribution >= 4 is 40.7 Å². The number of hydrogen-bond donors (Lipinski definition) is 6. The minimum absolute atomic E-state index is 0.0613. The van der Waals surface area contributed by atoms with Crippen molar-refractivity contribution in [2.24, 2.45) is 11.8 Å². The van der Waals surface area contributed by atoms with E-state index >= 15 is 0 Å². The van der Waals surface area contributed by atoms with E-state index in [-0.39, 0.29) is 36.4 Å². The molecular formula is C55H61N9O8. The van der Waals surface area contributed by atoms with Gasteiger partial charge < -0.3 is 50.3 Å². The van der Waals surface area contributed by atoms with Crippen LogP contribution < -0.4 is 16.0 Å². The highest BCUT2D eigenvalue weighted by atomic mass is 16.6. The van der Waals surface area contributed by atoms with Crippen LogP contribution in [-0.2, 0) is 36.7 Å². The SMILES string of the molecule is COC(=O)NC(C(=O)N1CCCC1c1ncc(-c2ccc3cc(-c4ccc5c(c4)CCc4nc(C6CCCN6C(=O)C(C)(C)OC(=O)C(CNC(=O)O)C6CCNCC6)[nH]c4-5)ccc3c2)[nH]1)c1ccccc1. The van der Waals surface area contributed by atoms with Crippen LogP contribution in [0, 0.1) is 11.8 Å². The molecule has 4 aromatic carbocycles. The number of alkyl carbamates (subject to hydrolysis) is 1. The zero-order valence-electron chi connectivity index (χ0n) is 40.8. The van der Waals surface area contributed by atoms with Crippen LogP contribution in [-0.4, -0.2) is 110 Å². The number of carbonyl (C=O) groups excluding carboxylic acids is 4. The number of methoxy groups -OCH3 is 1. The zero-order valence-corrected chi connectivity index (χ0v) is 40.8. The number of H-pyrrole nitrogens is 2. The normalized spacial score (nSPS) is 18.8. The van der Waals surface area contributed by atoms with Crippen molar-refractivity contribution in [2.45, 2.75) is 88.9 Å². The van der Waals surface area contributed by atoms with E-state index in [1.807, 2.05) is 36.5 Å². The number of nitrogens with one attached hydrogen (secondary N) is 5. The lowest BCUT2D eigenvalue weighted by Gasteiger charge is -2.35. The monoisotopic (exact) mass is 975 g/mol. The molecule has 17 nitrogen and oxygen atoms in total. The van der Waals surface area contributed by atoms with Gasteiger partial charge in [0.25, 0.3) is 11.8 Å². The molecule has 0 saturated carbocycles. The summed E-state index contributed by atoms with van der Waals surface area (Å²) >= 11 is 0. The Labute approximate surface area is 417 Å². The van der Waals surface area contributed by atoms with Crippen molar-refractivity contribution < 1.29 is 38.6 Å². The molecule has 0 radical (unpaired) electrons. The van der Waals surface area contributed by atoms with Gasteiger partial charge in [0.2, 0.25) is 0 Å². The summed E-state index contributed by atoms with van der Waals surface area (Å²) in [7, 11) is 1.28. The second-order valence-corrected chi connectivity index (χ2v) is 19.9. The number of imidazole rings is 2. The first-order valence-corrected chi connectivity index (χ1v) is 25.1. The van der Waals surface area contributed by atoms with Crippen LogP contribution in [0.1, 0.15) is 99.0 Å². The Morgan fingerprint density at radius 3 is 2.22 bits per heavy atom. The standard InChI is InChI=1S/C55H61N9O8/c1-55(2,72-51(66)41(30-58-53(68)69)32-21-23-56-24-22-32)52(67)64-26-8-12-45(64)49-59-42-20-18-38-28-37(17-19-40(38)47(42)61-49)34-13-14-36-29-39(16-15-35(36)27-34)43-31-57-48(60-43)44-11-7-25-63(44)50(65)46(62-54(70)71-3)33-9-5-4-6-10-33/h4-6,9-10,13-17,19,27-29,31-32,41,44-46,56,58H,7-8,11-12,18,20-26,30H2,1-3H3,(H,57,60)(H,59,61)(H,62,70)(H,68,69). The van der Waals surface area contributed by atoms with Gasteiger partial charge in [0.05, 0.1) is 48.4 Å². The second kappa shape index (κ2) is 20.3. The van der Waals surface area contributed by atoms with E-state index in [1.54, 1.807) is 23.6 Å². The van der Waals surface area contributed by atoms with Crippen molar-refractivity contribution in [3.63, 3.8) is 0 Å². The molecule has 10 rings (SSSR count). The minimum atomic E-state index is -1.47. The molecule has 3 saturated heterocycles. The van der Waals surface area contributed by atoms with Crippen molar-refractivity contribution in [1.82, 2.24) is 45.7 Å². The maximum Gasteiger partial charge on any atom is 0.407 e. The van der Waals surface area contributed by atoms with E-state index in [4.69, 9.17) is 19.4 Å². The highest BCUT2D eigenvalue weighted by Crippen LogP contribution is 2.41. The number of carbonyl (C=O) groups is 5. The number of hydrogen-bond acceptors (Lipinski definition) is 10. The summed E-state index contributed by atoms with van der Waals surface area (Å²) in [5, 5.41) is 19.8. The number of esters is 1. The average Bonchev–Trinajstić information content (AvgIpc) is 4.25. The zero-order chi connectivity index (χ0) is 50.1. The van der Waals surface area contributed by atoms with Crippen molar-refractivity contribution in [3.8, 4) is 33.6 Å². The molecule has 4 aliphatic rings. The molecule has 1 aliphatic carbocycles. The van der Waals surface area contributed by atoms with Crippen molar-refractivity contribution in [1.29, 1.82) is 0 Å². The van der Waals surface area contributed by atoms with Crippen LogP contribution in [0.4, 0.5) is 9.59 Å². The number of likely N-dealkylation sites (tertiary alicyclic amines) is 2. The lowest BCUT2D eigenvalue weighted by Crippen LogP contribution is -2.50. The van der Waals surface area contributed by atoms with Gasteiger partial charge in [-0.25, -0.2) is 19.6 Å². The fourth-order valence-corrected chi connectivity index (χ4v) is 11.2. The van der Waals surface area contributed by atoms with Gasteiger partial charge in [-0.2, -0.15) is 0 Å². The van der Waals surface area contributed by atoms with Crippen LogP contribution >= 0.6 is 0 Å². The van der Waals surface area contributed by atoms with E-state index in [2.05, 4.69) is 80.5 Å². The van der Waals surface area contributed by atoms with Gasteiger partial charge >= 0.3 is 18.2 Å². The second-order valence-electron chi connectivity index (χ2n) is 19.9. The first-order chi connectivity index (χ1) is 34.8. The number of piperidine rings is 1. The lowest BCUT2D eigenvalue weighted by molar-refractivity contribution is -0.175. The van der Waals surface area contributed by atoms with E-state index in [9.17, 15) is 29.1 Å². The summed E-state index contributed by atoms with van der Waals surface area (Å²) in [5.41, 5.74) is 7.47. The molecule has 4 unspecified atom stereocenters. The maximum absolute atomic E-state index is 14.2. The number of carboxylic acid groups (broad SMARTS) is 1. The topological polar surface area (TPSA) is 224 Å². The molecule has 17 heteroatoms. The fraction of sp³-hybridized carbons (Fsp3) is 0.400. The van der Waals surface area contributed by atoms with Gasteiger partial charge in [-0.05, 0) is 129 Å². The number of rotatable bonds is 13. The van der Waals surface area contributed by atoms with Gasteiger partial charge in [0, 0.05) is 30.8 Å². The molecule has 374 valence electrons. The average molecular weight is 976 g/mol. The Morgan fingerprint density at radius 2 is 1.49 bits per heavy atom. The molecule has 72 heavy (non-hydrogen) atoms. The van der Waals surface area contributed by atoms with Gasteiger partial charge in [-0.15, -0.1) is 0 Å². The molecule has 4 atom stereocenters. The number of aryl methyl sites for hydroxylation is 2. The third kappa shape index (κ3) is 9.77. The van der Waals surface area contributed by atoms with Crippen molar-refractivity contribution in [2.75, 3.05) is 39.8 Å². The predicted octanol–water partition coefficient (Wildman–Crippen LogP) is 8.02. The lowest BCUT2D eigenvalue weighted by atomic mass is 9.84. The highest BCUT2D eigenvalue weighted by Gasteiger charge is 2.44. The number of amides is 4. The maximum atomic E-state index is 14.2. The Hall–Kier alpha value is -7.53. The Bertz CT molecular complexity index is 3020. The number of nitrogens with zero attached hydrogens (tertiary/aromatic N) is 4. The summed E-state index contributed by atoms with van der Waals surface area (Å²) in [4.78, 5) is 86.1. The molecule has 3 fully saturated rings. The van der Waals surface area contributed by atoms with Gasteiger partial charge in [-0.1, -0.05) is 72.8 Å². The largest absolute Gasteiger partial charge is 0.465 e. The first-order valence-electron chi connectivity index (χ1n) is 25.1. The molecule has 0 spiro atoms. The highest BCUT2D eigenvalue weighted by molar-refractivity contribution is 5.92. The summed E-state index contributed by atoms with van der Waals surface area (Å²) in [6, 6.07) is 27.1. The molecule has 6 N–H and O–H groups in total. The summed E-state index contributed by atoms with van der Waals surface area (Å²) < 4.78 is 10.8. The summed E-state index contributed by atoms with van der Waals surface area (Å²) in [6.07, 6.45) is 5.98. The third-order valence-corrected chi connectivity index (χ3v) is 15.0. The number of fused-ring (bicyclic) bond motifs is 4. The van der Waals surface area contributed by atoms with Crippen LogP contribution in [0.2, 0.25) is 0 Å². The van der Waals surface area contributed by atoms with Gasteiger partial charge in [-0.3, -0.25) is 14.4 Å². The molecular weight excluding hydrogens is 915 g/mol. The van der Waals surface area contributed by atoms with Crippen LogP contribution in [0.15, 0.2) is 91.1 Å². The Morgan fingerprint density at radius 1 is 0.806 bits per heavy atom. The molecule has 0 bridgehead atoms. The predicted molar refractivity (Wildman–Crippen MR) is 269 cm³/mol. The van der Waals surface area contributed by atoms with Gasteiger partial charge in [0.1, 0.15) is 17.7 Å². The van der Waals surface area contributed by atoms with Crippen LogP contribution in [0.5, 0.6) is 0 Å². The smallest absolute Gasteiger partial charge is 0.407 e.